The van der Waals surface area contributed by atoms with Gasteiger partial charge >= 0.3 is 5.92 Å². The molecule has 2 N–H and O–H groups in total. The summed E-state index contributed by atoms with van der Waals surface area (Å²) in [5.41, 5.74) is -0.479. The van der Waals surface area contributed by atoms with Crippen LogP contribution in [0, 0.1) is 11.6 Å². The number of benzene rings is 3. The Labute approximate surface area is 268 Å². The number of rotatable bonds is 10. The minimum absolute atomic E-state index is 0.425. The molecule has 1 fully saturated rings. The Morgan fingerprint density at radius 3 is 1.98 bits per heavy atom. The zero-order valence-electron chi connectivity index (χ0n) is 25.5. The summed E-state index contributed by atoms with van der Waals surface area (Å²) in [5, 5.41) is 31.8. The van der Waals surface area contributed by atoms with Gasteiger partial charge in [-0.2, -0.15) is 8.78 Å². The van der Waals surface area contributed by atoms with Crippen LogP contribution < -0.4 is 9.80 Å². The van der Waals surface area contributed by atoms with Crippen LogP contribution in [0.25, 0.3) is 11.1 Å². The fraction of sp³-hybridized carbons (Fsp3) is 0.294. The highest BCUT2D eigenvalue weighted by Gasteiger charge is 2.58. The first kappa shape index (κ1) is 32.1. The molecule has 13 heteroatoms. The molecule has 6 rings (SSSR count). The number of hydrogen-bond acceptors (Lipinski definition) is 8. The third-order valence-electron chi connectivity index (χ3n) is 8.64. The van der Waals surface area contributed by atoms with Crippen LogP contribution in [0.1, 0.15) is 36.3 Å². The Kier molecular flexibility index (Phi) is 8.93. The van der Waals surface area contributed by atoms with Crippen LogP contribution in [0.5, 0.6) is 0 Å². The molecule has 0 bridgehead atoms. The first-order chi connectivity index (χ1) is 22.6. The van der Waals surface area contributed by atoms with Crippen molar-refractivity contribution in [3.05, 3.63) is 120 Å². The second kappa shape index (κ2) is 13.1. The van der Waals surface area contributed by atoms with Gasteiger partial charge in [-0.15, -0.1) is 5.10 Å². The molecule has 2 atom stereocenters. The van der Waals surface area contributed by atoms with Gasteiger partial charge in [-0.25, -0.2) is 13.5 Å². The first-order valence-corrected chi connectivity index (χ1v) is 15.2. The van der Waals surface area contributed by atoms with Gasteiger partial charge < -0.3 is 20.0 Å². The van der Waals surface area contributed by atoms with E-state index in [1.807, 2.05) is 55.5 Å². The topological polar surface area (TPSA) is 103 Å². The molecule has 2 aromatic heterocycles. The Hall–Kier alpha value is -4.88. The van der Waals surface area contributed by atoms with E-state index < -0.39 is 47.1 Å². The quantitative estimate of drug-likeness (QED) is 0.193. The van der Waals surface area contributed by atoms with Crippen LogP contribution in [0.4, 0.5) is 28.9 Å². The van der Waals surface area contributed by atoms with Gasteiger partial charge in [0.05, 0.1) is 12.6 Å². The van der Waals surface area contributed by atoms with Gasteiger partial charge in [-0.1, -0.05) is 37.3 Å². The van der Waals surface area contributed by atoms with Gasteiger partial charge in [-0.05, 0) is 70.4 Å². The van der Waals surface area contributed by atoms with Crippen molar-refractivity contribution in [3.8, 4) is 11.1 Å². The summed E-state index contributed by atoms with van der Waals surface area (Å²) in [6.45, 7) is 4.31. The zero-order chi connectivity index (χ0) is 33.2. The Balaban J connectivity index is 1.15. The molecule has 1 aliphatic rings. The average molecular weight is 648 g/mol. The summed E-state index contributed by atoms with van der Waals surface area (Å²) in [4.78, 5) is 8.55. The molecular formula is C34H33F4N7O2. The standard InChI is InChI=1S/C34H33F4N7O2/c1-2-31(46)24-5-11-28(12-6-24)44-17-15-43(16-18-44)27-9-3-23(4-10-27)25-7-14-32(39-20-25)34(37,38)33(47,21-45-22-40-41-42-45)29-13-8-26(35)19-30(29)36/h3-14,19-20,22,31,46-47H,2,15-18,21H2,1H3/t31?,33-/m0/s1. The lowest BCUT2D eigenvalue weighted by Gasteiger charge is -2.37. The van der Waals surface area contributed by atoms with Gasteiger partial charge in [-0.3, -0.25) is 4.98 Å². The van der Waals surface area contributed by atoms with Crippen LogP contribution in [0.2, 0.25) is 0 Å². The molecule has 3 heterocycles. The number of halogens is 4. The van der Waals surface area contributed by atoms with Gasteiger partial charge in [0.1, 0.15) is 23.7 Å². The maximum absolute atomic E-state index is 16.1. The molecule has 0 aliphatic carbocycles. The SMILES string of the molecule is CCC(O)c1ccc(N2CCN(c3ccc(-c4ccc(C(F)(F)[C@](O)(Cn5cnnn5)c5ccc(F)cc5F)nc4)cc3)CC2)cc1. The van der Waals surface area contributed by atoms with Crippen LogP contribution >= 0.6 is 0 Å². The molecule has 0 saturated carbocycles. The van der Waals surface area contributed by atoms with Crippen molar-refractivity contribution in [3.63, 3.8) is 0 Å². The van der Waals surface area contributed by atoms with Crippen LogP contribution in [0.15, 0.2) is 91.4 Å². The molecule has 1 unspecified atom stereocenters. The average Bonchev–Trinajstić information content (AvgIpc) is 3.61. The van der Waals surface area contributed by atoms with E-state index in [1.165, 1.54) is 12.3 Å². The normalized spacial score (nSPS) is 15.8. The lowest BCUT2D eigenvalue weighted by atomic mass is 9.84. The lowest BCUT2D eigenvalue weighted by Crippen LogP contribution is -2.48. The van der Waals surface area contributed by atoms with E-state index >= 15 is 8.78 Å². The van der Waals surface area contributed by atoms with Crippen molar-refractivity contribution < 1.29 is 27.8 Å². The predicted molar refractivity (Wildman–Crippen MR) is 168 cm³/mol. The van der Waals surface area contributed by atoms with Gasteiger partial charge in [0, 0.05) is 60.9 Å². The monoisotopic (exact) mass is 647 g/mol. The molecule has 0 radical (unpaired) electrons. The molecule has 0 spiro atoms. The van der Waals surface area contributed by atoms with Crippen LogP contribution in [-0.2, 0) is 18.1 Å². The molecule has 0 amide bonds. The summed E-state index contributed by atoms with van der Waals surface area (Å²) in [6, 6.07) is 20.3. The Morgan fingerprint density at radius 2 is 1.45 bits per heavy atom. The van der Waals surface area contributed by atoms with Crippen molar-refractivity contribution in [2.24, 2.45) is 0 Å². The summed E-state index contributed by atoms with van der Waals surface area (Å²) >= 11 is 0. The maximum Gasteiger partial charge on any atom is 0.323 e. The minimum Gasteiger partial charge on any atom is -0.388 e. The van der Waals surface area contributed by atoms with Crippen molar-refractivity contribution in [1.29, 1.82) is 0 Å². The number of aromatic nitrogens is 5. The van der Waals surface area contributed by atoms with Crippen molar-refractivity contribution in [2.75, 3.05) is 36.0 Å². The van der Waals surface area contributed by atoms with E-state index in [9.17, 15) is 19.0 Å². The molecule has 1 saturated heterocycles. The fourth-order valence-corrected chi connectivity index (χ4v) is 5.86. The molecule has 47 heavy (non-hydrogen) atoms. The second-order valence-electron chi connectivity index (χ2n) is 11.5. The number of hydrogen-bond donors (Lipinski definition) is 2. The minimum atomic E-state index is -4.14. The molecular weight excluding hydrogens is 614 g/mol. The Morgan fingerprint density at radius 1 is 0.830 bits per heavy atom. The van der Waals surface area contributed by atoms with E-state index in [4.69, 9.17) is 0 Å². The van der Waals surface area contributed by atoms with Crippen molar-refractivity contribution in [2.45, 2.75) is 37.5 Å². The molecule has 3 aromatic carbocycles. The third kappa shape index (κ3) is 6.41. The highest BCUT2D eigenvalue weighted by molar-refractivity contribution is 5.66. The second-order valence-corrected chi connectivity index (χ2v) is 11.5. The van der Waals surface area contributed by atoms with Crippen LogP contribution in [0.3, 0.4) is 0 Å². The van der Waals surface area contributed by atoms with E-state index in [-0.39, 0.29) is 0 Å². The largest absolute Gasteiger partial charge is 0.388 e. The van der Waals surface area contributed by atoms with Gasteiger partial charge in [0.25, 0.3) is 0 Å². The summed E-state index contributed by atoms with van der Waals surface area (Å²) in [5.74, 6) is -6.47. The van der Waals surface area contributed by atoms with E-state index in [1.54, 1.807) is 0 Å². The molecule has 9 nitrogen and oxygen atoms in total. The fourth-order valence-electron chi connectivity index (χ4n) is 5.86. The summed E-state index contributed by atoms with van der Waals surface area (Å²) < 4.78 is 61.4. The summed E-state index contributed by atoms with van der Waals surface area (Å²) in [7, 11) is 0. The predicted octanol–water partition coefficient (Wildman–Crippen LogP) is 5.46. The zero-order valence-corrected chi connectivity index (χ0v) is 25.5. The molecule has 5 aromatic rings. The number of piperazine rings is 1. The third-order valence-corrected chi connectivity index (χ3v) is 8.64. The number of aliphatic hydroxyl groups is 2. The van der Waals surface area contributed by atoms with Crippen molar-refractivity contribution in [1.82, 2.24) is 25.2 Å². The highest BCUT2D eigenvalue weighted by Crippen LogP contribution is 2.47. The maximum atomic E-state index is 16.1. The number of pyridine rings is 1. The molecule has 244 valence electrons. The highest BCUT2D eigenvalue weighted by atomic mass is 19.3. The van der Waals surface area contributed by atoms with Crippen LogP contribution in [-0.4, -0.2) is 61.6 Å². The van der Waals surface area contributed by atoms with Crippen molar-refractivity contribution >= 4 is 11.4 Å². The number of nitrogens with zero attached hydrogens (tertiary/aromatic N) is 7. The number of anilines is 2. The van der Waals surface area contributed by atoms with E-state index in [0.717, 1.165) is 77.9 Å². The smallest absolute Gasteiger partial charge is 0.323 e. The van der Waals surface area contributed by atoms with E-state index in [0.29, 0.717) is 18.1 Å². The number of aliphatic hydroxyl groups excluding tert-OH is 1. The Bertz CT molecular complexity index is 1780. The van der Waals surface area contributed by atoms with E-state index in [2.05, 4.69) is 30.3 Å². The summed E-state index contributed by atoms with van der Waals surface area (Å²) in [6.07, 6.45) is 2.48. The first-order valence-electron chi connectivity index (χ1n) is 15.2. The number of alkyl halides is 2. The number of tetrazole rings is 1. The lowest BCUT2D eigenvalue weighted by molar-refractivity contribution is -0.207. The molecule has 1 aliphatic heterocycles. The van der Waals surface area contributed by atoms with Gasteiger partial charge in [0.2, 0.25) is 0 Å². The van der Waals surface area contributed by atoms with Gasteiger partial charge in [0.15, 0.2) is 5.60 Å².